The van der Waals surface area contributed by atoms with Crippen molar-refractivity contribution in [2.75, 3.05) is 18.1 Å². The number of nitrogens with one attached hydrogen (secondary N) is 1. The van der Waals surface area contributed by atoms with E-state index in [1.54, 1.807) is 11.8 Å². The van der Waals surface area contributed by atoms with Gasteiger partial charge in [0, 0.05) is 4.90 Å². The van der Waals surface area contributed by atoms with E-state index in [1.165, 1.54) is 4.90 Å². The lowest BCUT2D eigenvalue weighted by atomic mass is 10.1. The summed E-state index contributed by atoms with van der Waals surface area (Å²) in [7, 11) is 0. The molecule has 0 radical (unpaired) electrons. The SMILES string of the molecule is CSc1ccc2c(c1)NCC(C)(C)O2. The number of hydrogen-bond acceptors (Lipinski definition) is 3. The van der Waals surface area contributed by atoms with Gasteiger partial charge in [-0.2, -0.15) is 0 Å². The third kappa shape index (κ3) is 1.82. The second kappa shape index (κ2) is 3.39. The Morgan fingerprint density at radius 1 is 1.43 bits per heavy atom. The van der Waals surface area contributed by atoms with E-state index in [-0.39, 0.29) is 5.60 Å². The molecule has 1 N–H and O–H groups in total. The van der Waals surface area contributed by atoms with Crippen molar-refractivity contribution in [3.63, 3.8) is 0 Å². The molecular weight excluding hydrogens is 194 g/mol. The Morgan fingerprint density at radius 2 is 2.21 bits per heavy atom. The van der Waals surface area contributed by atoms with Crippen LogP contribution < -0.4 is 10.1 Å². The van der Waals surface area contributed by atoms with Crippen LogP contribution in [0.1, 0.15) is 13.8 Å². The average Bonchev–Trinajstić information content (AvgIpc) is 2.16. The summed E-state index contributed by atoms with van der Waals surface area (Å²) in [6.45, 7) is 5.04. The van der Waals surface area contributed by atoms with Crippen LogP contribution >= 0.6 is 11.8 Å². The number of anilines is 1. The van der Waals surface area contributed by atoms with Gasteiger partial charge in [0.1, 0.15) is 11.4 Å². The van der Waals surface area contributed by atoms with Crippen molar-refractivity contribution in [2.24, 2.45) is 0 Å². The molecule has 0 saturated heterocycles. The van der Waals surface area contributed by atoms with Gasteiger partial charge >= 0.3 is 0 Å². The van der Waals surface area contributed by atoms with Crippen LogP contribution in [0.3, 0.4) is 0 Å². The van der Waals surface area contributed by atoms with Crippen molar-refractivity contribution >= 4 is 17.4 Å². The maximum absolute atomic E-state index is 5.85. The van der Waals surface area contributed by atoms with E-state index < -0.39 is 0 Å². The molecule has 14 heavy (non-hydrogen) atoms. The lowest BCUT2D eigenvalue weighted by Crippen LogP contribution is -2.39. The fourth-order valence-corrected chi connectivity index (χ4v) is 1.94. The van der Waals surface area contributed by atoms with Crippen LogP contribution in [0.25, 0.3) is 0 Å². The molecule has 1 aliphatic heterocycles. The average molecular weight is 209 g/mol. The predicted molar refractivity (Wildman–Crippen MR) is 61.4 cm³/mol. The van der Waals surface area contributed by atoms with Gasteiger partial charge in [0.05, 0.1) is 12.2 Å². The molecule has 1 heterocycles. The van der Waals surface area contributed by atoms with Gasteiger partial charge in [-0.15, -0.1) is 11.8 Å². The number of rotatable bonds is 1. The first-order valence-corrected chi connectivity index (χ1v) is 5.94. The van der Waals surface area contributed by atoms with Crippen LogP contribution in [0.2, 0.25) is 0 Å². The van der Waals surface area contributed by atoms with Gasteiger partial charge in [-0.05, 0) is 38.3 Å². The van der Waals surface area contributed by atoms with E-state index in [2.05, 4.69) is 37.6 Å². The van der Waals surface area contributed by atoms with Crippen LogP contribution in [-0.4, -0.2) is 18.4 Å². The van der Waals surface area contributed by atoms with Crippen LogP contribution in [0, 0.1) is 0 Å². The molecule has 0 aromatic heterocycles. The zero-order valence-electron chi connectivity index (χ0n) is 8.76. The van der Waals surface area contributed by atoms with Crippen LogP contribution in [0.5, 0.6) is 5.75 Å². The third-order valence-corrected chi connectivity index (χ3v) is 3.00. The van der Waals surface area contributed by atoms with Gasteiger partial charge in [0.2, 0.25) is 0 Å². The maximum atomic E-state index is 5.85. The molecule has 0 unspecified atom stereocenters. The van der Waals surface area contributed by atoms with Crippen LogP contribution in [-0.2, 0) is 0 Å². The predicted octanol–water partition coefficient (Wildman–Crippen LogP) is 2.99. The summed E-state index contributed by atoms with van der Waals surface area (Å²) in [6, 6.07) is 6.26. The van der Waals surface area contributed by atoms with Gasteiger partial charge < -0.3 is 10.1 Å². The summed E-state index contributed by atoms with van der Waals surface area (Å²) < 4.78 is 5.85. The minimum atomic E-state index is -0.103. The summed E-state index contributed by atoms with van der Waals surface area (Å²) in [5.41, 5.74) is 1.00. The molecule has 2 nitrogen and oxygen atoms in total. The second-order valence-electron chi connectivity index (χ2n) is 4.08. The van der Waals surface area contributed by atoms with Crippen molar-refractivity contribution in [3.05, 3.63) is 18.2 Å². The largest absolute Gasteiger partial charge is 0.484 e. The molecule has 0 fully saturated rings. The van der Waals surface area contributed by atoms with E-state index in [0.717, 1.165) is 18.0 Å². The number of thioether (sulfide) groups is 1. The van der Waals surface area contributed by atoms with Crippen molar-refractivity contribution in [1.82, 2.24) is 0 Å². The number of ether oxygens (including phenoxy) is 1. The van der Waals surface area contributed by atoms with E-state index in [1.807, 2.05) is 6.07 Å². The fourth-order valence-electron chi connectivity index (χ4n) is 1.51. The Balaban J connectivity index is 2.32. The highest BCUT2D eigenvalue weighted by Gasteiger charge is 2.25. The van der Waals surface area contributed by atoms with Crippen molar-refractivity contribution < 1.29 is 4.74 Å². The van der Waals surface area contributed by atoms with Gasteiger partial charge in [0.25, 0.3) is 0 Å². The standard InChI is InChI=1S/C11H15NOS/c1-11(2)7-12-9-6-8(14-3)4-5-10(9)13-11/h4-6,12H,7H2,1-3H3. The van der Waals surface area contributed by atoms with E-state index in [4.69, 9.17) is 4.74 Å². The van der Waals surface area contributed by atoms with E-state index in [0.29, 0.717) is 0 Å². The first-order chi connectivity index (χ1) is 6.61. The molecule has 3 heteroatoms. The third-order valence-electron chi connectivity index (χ3n) is 2.28. The van der Waals surface area contributed by atoms with Gasteiger partial charge in [-0.3, -0.25) is 0 Å². The molecule has 1 aliphatic rings. The molecule has 76 valence electrons. The van der Waals surface area contributed by atoms with Gasteiger partial charge in [-0.1, -0.05) is 0 Å². The van der Waals surface area contributed by atoms with E-state index in [9.17, 15) is 0 Å². The minimum Gasteiger partial charge on any atom is -0.484 e. The number of benzene rings is 1. The molecular formula is C11H15NOS. The topological polar surface area (TPSA) is 21.3 Å². The molecule has 0 atom stereocenters. The van der Waals surface area contributed by atoms with Crippen LogP contribution in [0.4, 0.5) is 5.69 Å². The lowest BCUT2D eigenvalue weighted by Gasteiger charge is -2.33. The smallest absolute Gasteiger partial charge is 0.143 e. The summed E-state index contributed by atoms with van der Waals surface area (Å²) in [4.78, 5) is 1.26. The first-order valence-electron chi connectivity index (χ1n) is 4.72. The van der Waals surface area contributed by atoms with Crippen molar-refractivity contribution in [1.29, 1.82) is 0 Å². The minimum absolute atomic E-state index is 0.103. The quantitative estimate of drug-likeness (QED) is 0.718. The highest BCUT2D eigenvalue weighted by Crippen LogP contribution is 2.35. The molecule has 0 aliphatic carbocycles. The summed E-state index contributed by atoms with van der Waals surface area (Å²) in [6.07, 6.45) is 2.08. The molecule has 0 spiro atoms. The fraction of sp³-hybridized carbons (Fsp3) is 0.455. The Hall–Kier alpha value is -0.830. The molecule has 1 aromatic rings. The Labute approximate surface area is 89.0 Å². The Morgan fingerprint density at radius 3 is 2.93 bits per heavy atom. The van der Waals surface area contributed by atoms with Gasteiger partial charge in [-0.25, -0.2) is 0 Å². The summed E-state index contributed by atoms with van der Waals surface area (Å²) in [5, 5.41) is 3.39. The van der Waals surface area contributed by atoms with Crippen molar-refractivity contribution in [2.45, 2.75) is 24.3 Å². The normalized spacial score (nSPS) is 17.9. The van der Waals surface area contributed by atoms with Crippen LogP contribution in [0.15, 0.2) is 23.1 Å². The summed E-state index contributed by atoms with van der Waals surface area (Å²) >= 11 is 1.75. The molecule has 0 bridgehead atoms. The first kappa shape index (κ1) is 9.71. The van der Waals surface area contributed by atoms with Crippen molar-refractivity contribution in [3.8, 4) is 5.75 Å². The highest BCUT2D eigenvalue weighted by molar-refractivity contribution is 7.98. The zero-order chi connectivity index (χ0) is 10.2. The number of fused-ring (bicyclic) bond motifs is 1. The van der Waals surface area contributed by atoms with Gasteiger partial charge in [0.15, 0.2) is 0 Å². The lowest BCUT2D eigenvalue weighted by molar-refractivity contribution is 0.116. The molecule has 1 aromatic carbocycles. The Bertz CT molecular complexity index is 349. The monoisotopic (exact) mass is 209 g/mol. The zero-order valence-corrected chi connectivity index (χ0v) is 9.57. The number of hydrogen-bond donors (Lipinski definition) is 1. The maximum Gasteiger partial charge on any atom is 0.143 e. The Kier molecular flexibility index (Phi) is 2.35. The van der Waals surface area contributed by atoms with E-state index >= 15 is 0 Å². The summed E-state index contributed by atoms with van der Waals surface area (Å²) in [5.74, 6) is 0.957. The molecule has 2 rings (SSSR count). The molecule has 0 saturated carbocycles. The second-order valence-corrected chi connectivity index (χ2v) is 4.96. The molecule has 0 amide bonds. The highest BCUT2D eigenvalue weighted by atomic mass is 32.2.